The number of carbonyl (C=O) groups excluding carboxylic acids is 2. The van der Waals surface area contributed by atoms with E-state index in [1.165, 1.54) is 18.2 Å². The van der Waals surface area contributed by atoms with Crippen molar-refractivity contribution in [3.8, 4) is 0 Å². The number of fused-ring (bicyclic) bond motifs is 1. The Morgan fingerprint density at radius 3 is 2.47 bits per heavy atom. The highest BCUT2D eigenvalue weighted by Gasteiger charge is 2.36. The number of hydrogen-bond acceptors (Lipinski definition) is 2. The van der Waals surface area contributed by atoms with Crippen molar-refractivity contribution < 1.29 is 22.8 Å². The van der Waals surface area contributed by atoms with E-state index in [2.05, 4.69) is 0 Å². The summed E-state index contributed by atoms with van der Waals surface area (Å²) in [5.74, 6) is -1.20. The molecule has 0 unspecified atom stereocenters. The van der Waals surface area contributed by atoms with Crippen molar-refractivity contribution in [2.75, 3.05) is 0 Å². The Hall–Kier alpha value is -2.11. The van der Waals surface area contributed by atoms with Gasteiger partial charge in [0.15, 0.2) is 6.29 Å². The Labute approximate surface area is 93.4 Å². The molecule has 88 valence electrons. The maximum Gasteiger partial charge on any atom is 0.489 e. The summed E-state index contributed by atoms with van der Waals surface area (Å²) in [5, 5.41) is 0.259. The Balaban J connectivity index is 2.83. The zero-order valence-corrected chi connectivity index (χ0v) is 8.36. The Morgan fingerprint density at radius 1 is 1.24 bits per heavy atom. The quantitative estimate of drug-likeness (QED) is 0.460. The molecule has 2 rings (SSSR count). The van der Waals surface area contributed by atoms with E-state index in [0.29, 0.717) is 0 Å². The van der Waals surface area contributed by atoms with Crippen LogP contribution >= 0.6 is 0 Å². The first-order valence-electron chi connectivity index (χ1n) is 4.62. The van der Waals surface area contributed by atoms with Gasteiger partial charge in [-0.1, -0.05) is 18.2 Å². The third-order valence-electron chi connectivity index (χ3n) is 2.32. The van der Waals surface area contributed by atoms with Crippen molar-refractivity contribution in [1.29, 1.82) is 0 Å². The topological polar surface area (TPSA) is 39.1 Å². The molecule has 1 aromatic heterocycles. The highest BCUT2D eigenvalue weighted by atomic mass is 19.4. The second kappa shape index (κ2) is 3.73. The van der Waals surface area contributed by atoms with Crippen LogP contribution in [0.25, 0.3) is 10.9 Å². The van der Waals surface area contributed by atoms with E-state index in [1.807, 2.05) is 0 Å². The SMILES string of the molecule is O=CC(=O)c1cc2ccccc2n1C(F)(F)F. The molecule has 3 nitrogen and oxygen atoms in total. The molecular weight excluding hydrogens is 235 g/mol. The molecular formula is C11H6F3NO2. The number of alkyl halides is 3. The van der Waals surface area contributed by atoms with Crippen molar-refractivity contribution in [3.63, 3.8) is 0 Å². The molecule has 0 spiro atoms. The fourth-order valence-corrected chi connectivity index (χ4v) is 1.67. The lowest BCUT2D eigenvalue weighted by Crippen LogP contribution is -2.22. The van der Waals surface area contributed by atoms with Crippen molar-refractivity contribution >= 4 is 23.0 Å². The zero-order valence-electron chi connectivity index (χ0n) is 8.36. The molecule has 0 aliphatic heterocycles. The first-order chi connectivity index (χ1) is 7.95. The van der Waals surface area contributed by atoms with Crippen LogP contribution in [-0.2, 0) is 11.1 Å². The summed E-state index contributed by atoms with van der Waals surface area (Å²) in [7, 11) is 0. The van der Waals surface area contributed by atoms with Crippen LogP contribution in [0.15, 0.2) is 30.3 Å². The minimum atomic E-state index is -4.74. The molecule has 0 atom stereocenters. The van der Waals surface area contributed by atoms with Crippen LogP contribution in [0.4, 0.5) is 13.2 Å². The maximum atomic E-state index is 12.8. The number of aldehydes is 1. The van der Waals surface area contributed by atoms with Gasteiger partial charge in [0.25, 0.3) is 0 Å². The summed E-state index contributed by atoms with van der Waals surface area (Å²) in [6.45, 7) is 0. The summed E-state index contributed by atoms with van der Waals surface area (Å²) >= 11 is 0. The van der Waals surface area contributed by atoms with E-state index >= 15 is 0 Å². The number of halogens is 3. The summed E-state index contributed by atoms with van der Waals surface area (Å²) in [6.07, 6.45) is -4.87. The first-order valence-corrected chi connectivity index (χ1v) is 4.62. The van der Waals surface area contributed by atoms with E-state index < -0.39 is 17.8 Å². The molecule has 0 fully saturated rings. The molecule has 1 heterocycles. The second-order valence-corrected chi connectivity index (χ2v) is 3.37. The fraction of sp³-hybridized carbons (Fsp3) is 0.0909. The molecule has 17 heavy (non-hydrogen) atoms. The van der Waals surface area contributed by atoms with Crippen LogP contribution in [0.1, 0.15) is 10.5 Å². The lowest BCUT2D eigenvalue weighted by Gasteiger charge is -2.11. The van der Waals surface area contributed by atoms with Gasteiger partial charge in [-0.05, 0) is 12.1 Å². The predicted molar refractivity (Wildman–Crippen MR) is 53.6 cm³/mol. The molecule has 0 bridgehead atoms. The number of benzene rings is 1. The highest BCUT2D eigenvalue weighted by Crippen LogP contribution is 2.31. The van der Waals surface area contributed by atoms with Gasteiger partial charge in [0.2, 0.25) is 5.78 Å². The summed E-state index contributed by atoms with van der Waals surface area (Å²) in [6, 6.07) is 6.72. The van der Waals surface area contributed by atoms with Crippen LogP contribution in [0.5, 0.6) is 0 Å². The summed E-state index contributed by atoms with van der Waals surface area (Å²) in [5.41, 5.74) is -0.820. The van der Waals surface area contributed by atoms with Gasteiger partial charge >= 0.3 is 6.30 Å². The Kier molecular flexibility index (Phi) is 2.49. The average molecular weight is 241 g/mol. The van der Waals surface area contributed by atoms with Crippen molar-refractivity contribution in [2.45, 2.75) is 6.30 Å². The Bertz CT molecular complexity index is 598. The van der Waals surface area contributed by atoms with Crippen molar-refractivity contribution in [3.05, 3.63) is 36.0 Å². The molecule has 0 amide bonds. The van der Waals surface area contributed by atoms with E-state index in [0.717, 1.165) is 6.07 Å². The number of para-hydroxylation sites is 1. The minimum absolute atomic E-state index is 0.0843. The summed E-state index contributed by atoms with van der Waals surface area (Å²) in [4.78, 5) is 21.5. The van der Waals surface area contributed by atoms with E-state index in [1.54, 1.807) is 6.07 Å². The van der Waals surface area contributed by atoms with Gasteiger partial charge in [0.1, 0.15) is 5.69 Å². The molecule has 0 saturated carbocycles. The minimum Gasteiger partial charge on any atom is -0.294 e. The van der Waals surface area contributed by atoms with Gasteiger partial charge in [-0.3, -0.25) is 9.59 Å². The number of rotatable bonds is 2. The lowest BCUT2D eigenvalue weighted by atomic mass is 10.2. The van der Waals surface area contributed by atoms with Crippen LogP contribution in [0.2, 0.25) is 0 Å². The largest absolute Gasteiger partial charge is 0.489 e. The maximum absolute atomic E-state index is 12.8. The smallest absolute Gasteiger partial charge is 0.294 e. The first kappa shape index (κ1) is 11.4. The molecule has 0 N–H and O–H groups in total. The van der Waals surface area contributed by atoms with E-state index in [-0.39, 0.29) is 21.8 Å². The van der Waals surface area contributed by atoms with Gasteiger partial charge in [0.05, 0.1) is 5.52 Å². The fourth-order valence-electron chi connectivity index (χ4n) is 1.67. The Morgan fingerprint density at radius 2 is 1.88 bits per heavy atom. The van der Waals surface area contributed by atoms with Crippen molar-refractivity contribution in [2.24, 2.45) is 0 Å². The van der Waals surface area contributed by atoms with Crippen LogP contribution < -0.4 is 0 Å². The normalized spacial score (nSPS) is 11.7. The monoisotopic (exact) mass is 241 g/mol. The predicted octanol–water partition coefficient (Wildman–Crippen LogP) is 2.50. The second-order valence-electron chi connectivity index (χ2n) is 3.37. The van der Waals surface area contributed by atoms with Crippen LogP contribution in [0, 0.1) is 0 Å². The molecule has 0 aliphatic carbocycles. The molecule has 0 saturated heterocycles. The number of ketones is 1. The van der Waals surface area contributed by atoms with Crippen LogP contribution in [-0.4, -0.2) is 16.6 Å². The highest BCUT2D eigenvalue weighted by molar-refractivity contribution is 6.33. The number of hydrogen-bond donors (Lipinski definition) is 0. The molecule has 6 heteroatoms. The lowest BCUT2D eigenvalue weighted by molar-refractivity contribution is -0.201. The summed E-state index contributed by atoms with van der Waals surface area (Å²) < 4.78 is 38.3. The number of aromatic nitrogens is 1. The van der Waals surface area contributed by atoms with E-state index in [9.17, 15) is 22.8 Å². The number of carbonyl (C=O) groups is 2. The number of Topliss-reactive ketones (excluding diaryl/α,β-unsaturated/α-hetero) is 1. The molecule has 0 radical (unpaired) electrons. The van der Waals surface area contributed by atoms with Crippen molar-refractivity contribution in [1.82, 2.24) is 4.57 Å². The van der Waals surface area contributed by atoms with Gasteiger partial charge in [-0.25, -0.2) is 4.57 Å². The van der Waals surface area contributed by atoms with E-state index in [4.69, 9.17) is 0 Å². The van der Waals surface area contributed by atoms with Gasteiger partial charge in [-0.15, -0.1) is 13.2 Å². The van der Waals surface area contributed by atoms with Gasteiger partial charge in [0, 0.05) is 5.39 Å². The molecule has 1 aromatic carbocycles. The van der Waals surface area contributed by atoms with Gasteiger partial charge < -0.3 is 0 Å². The zero-order chi connectivity index (χ0) is 12.6. The third kappa shape index (κ3) is 1.82. The third-order valence-corrected chi connectivity index (χ3v) is 2.32. The average Bonchev–Trinajstić information content (AvgIpc) is 2.66. The van der Waals surface area contributed by atoms with Gasteiger partial charge in [-0.2, -0.15) is 0 Å². The van der Waals surface area contributed by atoms with Crippen LogP contribution in [0.3, 0.4) is 0 Å². The standard InChI is InChI=1S/C11H6F3NO2/c12-11(13,14)15-8-4-2-1-3-7(8)5-9(15)10(17)6-16/h1-6H. The number of nitrogens with zero attached hydrogens (tertiary/aromatic N) is 1. The molecule has 2 aromatic rings. The molecule has 0 aliphatic rings.